The van der Waals surface area contributed by atoms with E-state index in [1.807, 2.05) is 22.9 Å². The Morgan fingerprint density at radius 2 is 2.00 bits per heavy atom. The normalized spacial score (nSPS) is 12.0. The molecule has 0 spiro atoms. The van der Waals surface area contributed by atoms with Crippen LogP contribution in [0.5, 0.6) is 5.75 Å². The van der Waals surface area contributed by atoms with Crippen LogP contribution in [0.3, 0.4) is 0 Å². The van der Waals surface area contributed by atoms with Gasteiger partial charge in [-0.1, -0.05) is 5.21 Å². The number of benzene rings is 1. The molecule has 0 atom stereocenters. The maximum Gasteiger partial charge on any atom is 0.121 e. The standard InChI is InChI=1S/C11H15N3O/c1-11(2,3)14-10-6-5-8(15-4)7-9(10)12-13-14/h5-7H,1-4H3. The van der Waals surface area contributed by atoms with E-state index in [1.165, 1.54) is 0 Å². The largest absolute Gasteiger partial charge is 0.497 e. The molecule has 0 N–H and O–H groups in total. The van der Waals surface area contributed by atoms with Gasteiger partial charge in [-0.05, 0) is 32.9 Å². The predicted molar refractivity (Wildman–Crippen MR) is 59.1 cm³/mol. The third kappa shape index (κ3) is 1.67. The Morgan fingerprint density at radius 1 is 1.27 bits per heavy atom. The number of fused-ring (bicyclic) bond motifs is 1. The second-order valence-electron chi connectivity index (χ2n) is 4.53. The summed E-state index contributed by atoms with van der Waals surface area (Å²) in [4.78, 5) is 0. The average Bonchev–Trinajstić information content (AvgIpc) is 2.59. The molecule has 0 radical (unpaired) electrons. The zero-order chi connectivity index (χ0) is 11.1. The highest BCUT2D eigenvalue weighted by molar-refractivity contribution is 5.76. The van der Waals surface area contributed by atoms with Crippen molar-refractivity contribution in [3.05, 3.63) is 18.2 Å². The number of nitrogens with zero attached hydrogens (tertiary/aromatic N) is 3. The lowest BCUT2D eigenvalue weighted by Crippen LogP contribution is -2.22. The summed E-state index contributed by atoms with van der Waals surface area (Å²) in [6.07, 6.45) is 0. The molecular weight excluding hydrogens is 190 g/mol. The minimum absolute atomic E-state index is 0.0522. The van der Waals surface area contributed by atoms with Crippen LogP contribution in [0.1, 0.15) is 20.8 Å². The molecule has 2 aromatic rings. The summed E-state index contributed by atoms with van der Waals surface area (Å²) in [7, 11) is 1.65. The number of hydrogen-bond donors (Lipinski definition) is 0. The lowest BCUT2D eigenvalue weighted by molar-refractivity contribution is 0.358. The molecule has 1 aromatic heterocycles. The van der Waals surface area contributed by atoms with Crippen molar-refractivity contribution in [2.24, 2.45) is 0 Å². The summed E-state index contributed by atoms with van der Waals surface area (Å²) in [6.45, 7) is 6.31. The highest BCUT2D eigenvalue weighted by Gasteiger charge is 2.17. The van der Waals surface area contributed by atoms with Crippen molar-refractivity contribution in [2.75, 3.05) is 7.11 Å². The highest BCUT2D eigenvalue weighted by Crippen LogP contribution is 2.23. The summed E-state index contributed by atoms with van der Waals surface area (Å²) >= 11 is 0. The molecule has 0 saturated carbocycles. The molecule has 0 aliphatic rings. The van der Waals surface area contributed by atoms with Crippen molar-refractivity contribution < 1.29 is 4.74 Å². The Kier molecular flexibility index (Phi) is 2.14. The minimum atomic E-state index is -0.0522. The van der Waals surface area contributed by atoms with Gasteiger partial charge < -0.3 is 4.74 Å². The van der Waals surface area contributed by atoms with Gasteiger partial charge in [-0.2, -0.15) is 0 Å². The number of hydrogen-bond acceptors (Lipinski definition) is 3. The molecule has 15 heavy (non-hydrogen) atoms. The van der Waals surface area contributed by atoms with Gasteiger partial charge in [0.2, 0.25) is 0 Å². The van der Waals surface area contributed by atoms with Gasteiger partial charge in [0.15, 0.2) is 0 Å². The van der Waals surface area contributed by atoms with Gasteiger partial charge >= 0.3 is 0 Å². The Bertz CT molecular complexity index is 482. The molecule has 0 aliphatic heterocycles. The van der Waals surface area contributed by atoms with E-state index < -0.39 is 0 Å². The van der Waals surface area contributed by atoms with Gasteiger partial charge in [-0.25, -0.2) is 4.68 Å². The summed E-state index contributed by atoms with van der Waals surface area (Å²) in [5.41, 5.74) is 1.84. The van der Waals surface area contributed by atoms with Crippen LogP contribution in [0.4, 0.5) is 0 Å². The maximum atomic E-state index is 5.14. The van der Waals surface area contributed by atoms with Crippen molar-refractivity contribution in [1.29, 1.82) is 0 Å². The van der Waals surface area contributed by atoms with E-state index in [-0.39, 0.29) is 5.54 Å². The van der Waals surface area contributed by atoms with Crippen LogP contribution in [0.2, 0.25) is 0 Å². The first-order chi connectivity index (χ1) is 7.02. The maximum absolute atomic E-state index is 5.14. The van der Waals surface area contributed by atoms with E-state index in [2.05, 4.69) is 31.1 Å². The highest BCUT2D eigenvalue weighted by atomic mass is 16.5. The fourth-order valence-electron chi connectivity index (χ4n) is 1.53. The summed E-state index contributed by atoms with van der Waals surface area (Å²) in [6, 6.07) is 5.80. The molecule has 0 fully saturated rings. The molecule has 0 saturated heterocycles. The molecule has 0 amide bonds. The third-order valence-electron chi connectivity index (χ3n) is 2.29. The fraction of sp³-hybridized carbons (Fsp3) is 0.455. The van der Waals surface area contributed by atoms with Crippen LogP contribution in [0.25, 0.3) is 11.0 Å². The van der Waals surface area contributed by atoms with Crippen LogP contribution >= 0.6 is 0 Å². The summed E-state index contributed by atoms with van der Waals surface area (Å²) < 4.78 is 7.06. The van der Waals surface area contributed by atoms with Gasteiger partial charge in [0.05, 0.1) is 18.2 Å². The molecule has 1 aromatic carbocycles. The summed E-state index contributed by atoms with van der Waals surface area (Å²) in [5.74, 6) is 0.809. The lowest BCUT2D eigenvalue weighted by atomic mass is 10.1. The van der Waals surface area contributed by atoms with Gasteiger partial charge in [-0.15, -0.1) is 5.10 Å². The first kappa shape index (κ1) is 9.96. The first-order valence-electron chi connectivity index (χ1n) is 4.92. The zero-order valence-corrected chi connectivity index (χ0v) is 9.48. The van der Waals surface area contributed by atoms with Crippen molar-refractivity contribution in [3.63, 3.8) is 0 Å². The Morgan fingerprint density at radius 3 is 2.60 bits per heavy atom. The summed E-state index contributed by atoms with van der Waals surface area (Å²) in [5, 5.41) is 8.28. The van der Waals surface area contributed by atoms with E-state index in [0.717, 1.165) is 16.8 Å². The number of aromatic nitrogens is 3. The van der Waals surface area contributed by atoms with Crippen molar-refractivity contribution >= 4 is 11.0 Å². The molecule has 80 valence electrons. The Labute approximate surface area is 88.8 Å². The van der Waals surface area contributed by atoms with Crippen LogP contribution < -0.4 is 4.74 Å². The quantitative estimate of drug-likeness (QED) is 0.716. The lowest BCUT2D eigenvalue weighted by Gasteiger charge is -2.19. The monoisotopic (exact) mass is 205 g/mol. The zero-order valence-electron chi connectivity index (χ0n) is 9.48. The van der Waals surface area contributed by atoms with E-state index in [1.54, 1.807) is 7.11 Å². The van der Waals surface area contributed by atoms with Crippen molar-refractivity contribution in [3.8, 4) is 5.75 Å². The predicted octanol–water partition coefficient (Wildman–Crippen LogP) is 2.19. The Hall–Kier alpha value is -1.58. The topological polar surface area (TPSA) is 39.9 Å². The second-order valence-corrected chi connectivity index (χ2v) is 4.53. The molecule has 0 unspecified atom stereocenters. The fourth-order valence-corrected chi connectivity index (χ4v) is 1.53. The van der Waals surface area contributed by atoms with Crippen LogP contribution in [-0.2, 0) is 5.54 Å². The average molecular weight is 205 g/mol. The smallest absolute Gasteiger partial charge is 0.121 e. The number of ether oxygens (including phenoxy) is 1. The van der Waals surface area contributed by atoms with Gasteiger partial charge in [0, 0.05) is 6.07 Å². The molecule has 0 aliphatic carbocycles. The second kappa shape index (κ2) is 3.22. The Balaban J connectivity index is 2.62. The van der Waals surface area contributed by atoms with E-state index in [4.69, 9.17) is 4.74 Å². The minimum Gasteiger partial charge on any atom is -0.497 e. The molecular formula is C11H15N3O. The molecule has 4 heteroatoms. The van der Waals surface area contributed by atoms with Crippen molar-refractivity contribution in [2.45, 2.75) is 26.3 Å². The van der Waals surface area contributed by atoms with E-state index >= 15 is 0 Å². The first-order valence-corrected chi connectivity index (χ1v) is 4.92. The molecule has 4 nitrogen and oxygen atoms in total. The SMILES string of the molecule is COc1ccc2c(c1)nnn2C(C)(C)C. The van der Waals surface area contributed by atoms with Crippen molar-refractivity contribution in [1.82, 2.24) is 15.0 Å². The molecule has 2 rings (SSSR count). The van der Waals surface area contributed by atoms with Gasteiger partial charge in [0.1, 0.15) is 11.3 Å². The van der Waals surface area contributed by atoms with E-state index in [0.29, 0.717) is 0 Å². The number of rotatable bonds is 1. The van der Waals surface area contributed by atoms with Crippen LogP contribution in [0.15, 0.2) is 18.2 Å². The number of methoxy groups -OCH3 is 1. The molecule has 0 bridgehead atoms. The van der Waals surface area contributed by atoms with Crippen LogP contribution in [-0.4, -0.2) is 22.1 Å². The third-order valence-corrected chi connectivity index (χ3v) is 2.29. The van der Waals surface area contributed by atoms with Gasteiger partial charge in [-0.3, -0.25) is 0 Å². The molecule has 1 heterocycles. The van der Waals surface area contributed by atoms with Gasteiger partial charge in [0.25, 0.3) is 0 Å². The van der Waals surface area contributed by atoms with E-state index in [9.17, 15) is 0 Å². The van der Waals surface area contributed by atoms with Crippen LogP contribution in [0, 0.1) is 0 Å².